The van der Waals surface area contributed by atoms with Crippen molar-refractivity contribution in [2.75, 3.05) is 20.1 Å². The third-order valence-corrected chi connectivity index (χ3v) is 3.46. The van der Waals surface area contributed by atoms with E-state index in [0.717, 1.165) is 23.7 Å². The summed E-state index contributed by atoms with van der Waals surface area (Å²) >= 11 is 1.46. The lowest BCUT2D eigenvalue weighted by atomic mass is 10.4. The van der Waals surface area contributed by atoms with Gasteiger partial charge in [0.2, 0.25) is 4.96 Å². The van der Waals surface area contributed by atoms with Crippen LogP contribution in [-0.4, -0.2) is 39.6 Å². The van der Waals surface area contributed by atoms with Crippen LogP contribution in [0.25, 0.3) is 4.96 Å². The molecule has 7 heteroatoms. The van der Waals surface area contributed by atoms with Gasteiger partial charge < -0.3 is 5.73 Å². The van der Waals surface area contributed by atoms with Gasteiger partial charge in [-0.25, -0.2) is 4.98 Å². The van der Waals surface area contributed by atoms with Crippen LogP contribution in [0.4, 0.5) is 0 Å². The minimum atomic E-state index is -0.121. The maximum atomic E-state index is 11.7. The summed E-state index contributed by atoms with van der Waals surface area (Å²) in [5.41, 5.74) is 6.08. The maximum Gasteiger partial charge on any atom is 0.275 e. The molecule has 98 valence electrons. The third kappa shape index (κ3) is 2.92. The number of aromatic nitrogens is 3. The van der Waals surface area contributed by atoms with Gasteiger partial charge in [-0.15, -0.1) is 0 Å². The van der Waals surface area contributed by atoms with Gasteiger partial charge in [-0.3, -0.25) is 9.69 Å². The van der Waals surface area contributed by atoms with E-state index in [4.69, 9.17) is 5.73 Å². The molecular weight excluding hydrogens is 250 g/mol. The van der Waals surface area contributed by atoms with Crippen molar-refractivity contribution in [3.8, 4) is 0 Å². The summed E-state index contributed by atoms with van der Waals surface area (Å²) in [5, 5.41) is 5.18. The van der Waals surface area contributed by atoms with E-state index < -0.39 is 0 Å². The van der Waals surface area contributed by atoms with Crippen molar-refractivity contribution < 1.29 is 0 Å². The van der Waals surface area contributed by atoms with Crippen LogP contribution < -0.4 is 11.3 Å². The summed E-state index contributed by atoms with van der Waals surface area (Å²) in [5.74, 6) is 0. The monoisotopic (exact) mass is 267 g/mol. The van der Waals surface area contributed by atoms with Crippen molar-refractivity contribution in [1.29, 1.82) is 0 Å². The van der Waals surface area contributed by atoms with E-state index in [1.54, 1.807) is 0 Å². The number of hydrogen-bond donors (Lipinski definition) is 1. The molecule has 0 aliphatic rings. The van der Waals surface area contributed by atoms with E-state index in [-0.39, 0.29) is 5.56 Å². The van der Waals surface area contributed by atoms with Crippen molar-refractivity contribution in [2.45, 2.75) is 19.9 Å². The zero-order chi connectivity index (χ0) is 13.1. The number of nitrogens with two attached hydrogens (primary N) is 1. The van der Waals surface area contributed by atoms with Gasteiger partial charge in [0.05, 0.1) is 6.54 Å². The number of rotatable bonds is 5. The summed E-state index contributed by atoms with van der Waals surface area (Å²) in [6.45, 7) is 4.14. The highest BCUT2D eigenvalue weighted by atomic mass is 32.1. The first kappa shape index (κ1) is 13.1. The highest BCUT2D eigenvalue weighted by Gasteiger charge is 2.09. The van der Waals surface area contributed by atoms with E-state index in [1.165, 1.54) is 21.9 Å². The Hall–Kier alpha value is -1.31. The Kier molecular flexibility index (Phi) is 4.05. The summed E-state index contributed by atoms with van der Waals surface area (Å²) in [4.78, 5) is 18.8. The average Bonchev–Trinajstić information content (AvgIpc) is 2.69. The first-order valence-corrected chi connectivity index (χ1v) is 6.67. The summed E-state index contributed by atoms with van der Waals surface area (Å²) in [6.07, 6.45) is 0.957. The maximum absolute atomic E-state index is 11.7. The summed E-state index contributed by atoms with van der Waals surface area (Å²) in [7, 11) is 2.02. The first-order chi connectivity index (χ1) is 8.60. The summed E-state index contributed by atoms with van der Waals surface area (Å²) in [6, 6.07) is 1.49. The van der Waals surface area contributed by atoms with E-state index in [0.29, 0.717) is 18.1 Å². The van der Waals surface area contributed by atoms with Crippen LogP contribution in [0.2, 0.25) is 0 Å². The quantitative estimate of drug-likeness (QED) is 0.840. The molecule has 0 saturated heterocycles. The molecule has 0 unspecified atom stereocenters. The van der Waals surface area contributed by atoms with Crippen molar-refractivity contribution in [3.05, 3.63) is 27.1 Å². The molecule has 2 heterocycles. The van der Waals surface area contributed by atoms with Crippen molar-refractivity contribution in [1.82, 2.24) is 19.5 Å². The molecule has 0 saturated carbocycles. The molecule has 6 nitrogen and oxygen atoms in total. The molecule has 0 bridgehead atoms. The normalized spacial score (nSPS) is 11.6. The number of fused-ring (bicyclic) bond motifs is 1. The molecule has 2 N–H and O–H groups in total. The zero-order valence-corrected chi connectivity index (χ0v) is 11.4. The molecule has 2 aromatic rings. The largest absolute Gasteiger partial charge is 0.330 e. The van der Waals surface area contributed by atoms with Crippen molar-refractivity contribution >= 4 is 16.3 Å². The lowest BCUT2D eigenvalue weighted by molar-refractivity contribution is 0.322. The molecular formula is C11H17N5OS. The lowest BCUT2D eigenvalue weighted by Gasteiger charge is -2.13. The highest BCUT2D eigenvalue weighted by molar-refractivity contribution is 7.16. The van der Waals surface area contributed by atoms with Gasteiger partial charge in [0.25, 0.3) is 5.56 Å². The first-order valence-electron chi connectivity index (χ1n) is 5.85. The minimum Gasteiger partial charge on any atom is -0.330 e. The van der Waals surface area contributed by atoms with Crippen LogP contribution in [-0.2, 0) is 6.54 Å². The van der Waals surface area contributed by atoms with E-state index in [9.17, 15) is 4.79 Å². The van der Waals surface area contributed by atoms with Gasteiger partial charge in [-0.2, -0.15) is 9.61 Å². The molecule has 0 aliphatic heterocycles. The summed E-state index contributed by atoms with van der Waals surface area (Å²) < 4.78 is 1.36. The Balaban J connectivity index is 2.20. The van der Waals surface area contributed by atoms with Crippen molar-refractivity contribution in [3.63, 3.8) is 0 Å². The molecule has 2 aromatic heterocycles. The Bertz CT molecular complexity index is 591. The fourth-order valence-electron chi connectivity index (χ4n) is 1.70. The van der Waals surface area contributed by atoms with Crippen LogP contribution in [0.3, 0.4) is 0 Å². The number of hydrogen-bond acceptors (Lipinski definition) is 6. The lowest BCUT2D eigenvalue weighted by Crippen LogP contribution is -2.21. The molecule has 0 atom stereocenters. The van der Waals surface area contributed by atoms with Crippen LogP contribution in [0, 0.1) is 6.92 Å². The molecule has 18 heavy (non-hydrogen) atoms. The van der Waals surface area contributed by atoms with Gasteiger partial charge in [-0.1, -0.05) is 11.3 Å². The predicted octanol–water partition coefficient (Wildman–Crippen LogP) is 0.240. The smallest absolute Gasteiger partial charge is 0.275 e. The van der Waals surface area contributed by atoms with Gasteiger partial charge in [0.15, 0.2) is 0 Å². The fourth-order valence-corrected chi connectivity index (χ4v) is 2.72. The molecule has 0 fully saturated rings. The van der Waals surface area contributed by atoms with Gasteiger partial charge in [0, 0.05) is 11.8 Å². The Morgan fingerprint density at radius 3 is 3.06 bits per heavy atom. The molecule has 0 radical (unpaired) electrons. The van der Waals surface area contributed by atoms with Gasteiger partial charge in [0.1, 0.15) is 5.01 Å². The standard InChI is InChI=1S/C11H17N5OS/c1-8-6-10(17)16-11(13-8)18-9(14-16)7-15(2)5-3-4-12/h6H,3-5,7,12H2,1-2H3. The second-order valence-electron chi connectivity index (χ2n) is 4.31. The van der Waals surface area contributed by atoms with Crippen LogP contribution in [0.1, 0.15) is 17.1 Å². The van der Waals surface area contributed by atoms with E-state index in [2.05, 4.69) is 15.0 Å². The Labute approximate surface area is 109 Å². The minimum absolute atomic E-state index is 0.121. The molecule has 0 amide bonds. The highest BCUT2D eigenvalue weighted by Crippen LogP contribution is 2.12. The van der Waals surface area contributed by atoms with Gasteiger partial charge in [-0.05, 0) is 33.5 Å². The second-order valence-corrected chi connectivity index (χ2v) is 5.35. The van der Waals surface area contributed by atoms with Crippen LogP contribution >= 0.6 is 11.3 Å². The van der Waals surface area contributed by atoms with Gasteiger partial charge >= 0.3 is 0 Å². The Morgan fingerprint density at radius 1 is 1.56 bits per heavy atom. The topological polar surface area (TPSA) is 76.5 Å². The predicted molar refractivity (Wildman–Crippen MR) is 71.9 cm³/mol. The fraction of sp³-hybridized carbons (Fsp3) is 0.545. The second kappa shape index (κ2) is 5.55. The molecule has 0 aromatic carbocycles. The third-order valence-electron chi connectivity index (χ3n) is 2.56. The van der Waals surface area contributed by atoms with E-state index >= 15 is 0 Å². The van der Waals surface area contributed by atoms with E-state index in [1.807, 2.05) is 14.0 Å². The SMILES string of the molecule is Cc1cc(=O)n2nc(CN(C)CCCN)sc2n1. The zero-order valence-electron chi connectivity index (χ0n) is 10.6. The Morgan fingerprint density at radius 2 is 2.33 bits per heavy atom. The average molecular weight is 267 g/mol. The van der Waals surface area contributed by atoms with Crippen LogP contribution in [0.15, 0.2) is 10.9 Å². The number of nitrogens with zero attached hydrogens (tertiary/aromatic N) is 4. The molecule has 2 rings (SSSR count). The number of aryl methyl sites for hydroxylation is 1. The van der Waals surface area contributed by atoms with Crippen molar-refractivity contribution in [2.24, 2.45) is 5.73 Å². The van der Waals surface area contributed by atoms with Crippen LogP contribution in [0.5, 0.6) is 0 Å². The molecule has 0 spiro atoms. The molecule has 0 aliphatic carbocycles.